The lowest BCUT2D eigenvalue weighted by molar-refractivity contribution is -0.120. The van der Waals surface area contributed by atoms with E-state index >= 15 is 0 Å². The number of halogens is 1. The molecule has 0 aliphatic rings. The van der Waals surface area contributed by atoms with E-state index < -0.39 is 0 Å². The van der Waals surface area contributed by atoms with Crippen LogP contribution in [0.2, 0.25) is 0 Å². The molecule has 0 saturated heterocycles. The number of carbonyl (C=O) groups excluding carboxylic acids is 1. The van der Waals surface area contributed by atoms with Crippen molar-refractivity contribution in [2.45, 2.75) is 26.2 Å². The second-order valence-corrected chi connectivity index (χ2v) is 5.32. The Hall–Kier alpha value is -2.16. The van der Waals surface area contributed by atoms with Crippen molar-refractivity contribution in [3.8, 4) is 5.75 Å². The van der Waals surface area contributed by atoms with E-state index in [4.69, 9.17) is 4.74 Å². The summed E-state index contributed by atoms with van der Waals surface area (Å²) in [6, 6.07) is 14.0. The van der Waals surface area contributed by atoms with Gasteiger partial charge >= 0.3 is 0 Å². The molecule has 2 nitrogen and oxygen atoms in total. The van der Waals surface area contributed by atoms with E-state index in [9.17, 15) is 9.18 Å². The highest BCUT2D eigenvalue weighted by Gasteiger charge is 2.09. The van der Waals surface area contributed by atoms with Gasteiger partial charge in [0.1, 0.15) is 18.2 Å². The van der Waals surface area contributed by atoms with Gasteiger partial charge in [0.15, 0.2) is 5.78 Å². The summed E-state index contributed by atoms with van der Waals surface area (Å²) < 4.78 is 19.0. The lowest BCUT2D eigenvalue weighted by Crippen LogP contribution is -2.14. The monoisotopic (exact) mass is 286 g/mol. The predicted molar refractivity (Wildman–Crippen MR) is 81.1 cm³/mol. The van der Waals surface area contributed by atoms with Gasteiger partial charge in [0, 0.05) is 6.42 Å². The topological polar surface area (TPSA) is 26.3 Å². The van der Waals surface area contributed by atoms with E-state index in [0.717, 1.165) is 5.56 Å². The fourth-order valence-electron chi connectivity index (χ4n) is 2.03. The Labute approximate surface area is 124 Å². The SMILES string of the molecule is CC(C)c1cccc(OCC(=O)Cc2ccccc2F)c1. The van der Waals surface area contributed by atoms with Crippen molar-refractivity contribution in [3.63, 3.8) is 0 Å². The van der Waals surface area contributed by atoms with E-state index in [1.807, 2.05) is 24.3 Å². The van der Waals surface area contributed by atoms with Crippen LogP contribution < -0.4 is 4.74 Å². The Kier molecular flexibility index (Phi) is 5.09. The molecule has 0 atom stereocenters. The third kappa shape index (κ3) is 4.42. The largest absolute Gasteiger partial charge is 0.486 e. The molecule has 3 heteroatoms. The zero-order chi connectivity index (χ0) is 15.2. The molecule has 0 amide bonds. The van der Waals surface area contributed by atoms with Crippen LogP contribution in [0.3, 0.4) is 0 Å². The first-order chi connectivity index (χ1) is 10.1. The maximum absolute atomic E-state index is 13.5. The predicted octanol–water partition coefficient (Wildman–Crippen LogP) is 4.14. The highest BCUT2D eigenvalue weighted by molar-refractivity contribution is 5.82. The molecule has 0 unspecified atom stereocenters. The number of Topliss-reactive ketones (excluding diaryl/α,β-unsaturated/α-hetero) is 1. The van der Waals surface area contributed by atoms with Gasteiger partial charge in [0.25, 0.3) is 0 Å². The van der Waals surface area contributed by atoms with E-state index in [0.29, 0.717) is 17.2 Å². The minimum atomic E-state index is -0.354. The third-order valence-corrected chi connectivity index (χ3v) is 3.27. The lowest BCUT2D eigenvalue weighted by atomic mass is 10.0. The highest BCUT2D eigenvalue weighted by Crippen LogP contribution is 2.20. The molecule has 2 rings (SSSR count). The number of carbonyl (C=O) groups is 1. The van der Waals surface area contributed by atoms with Crippen molar-refractivity contribution in [2.24, 2.45) is 0 Å². The van der Waals surface area contributed by atoms with Gasteiger partial charge in [-0.15, -0.1) is 0 Å². The van der Waals surface area contributed by atoms with Gasteiger partial charge in [0.2, 0.25) is 0 Å². The van der Waals surface area contributed by atoms with Gasteiger partial charge in [0.05, 0.1) is 0 Å². The first-order valence-electron chi connectivity index (χ1n) is 7.04. The van der Waals surface area contributed by atoms with Gasteiger partial charge in [-0.25, -0.2) is 4.39 Å². The van der Waals surface area contributed by atoms with E-state index in [1.165, 1.54) is 6.07 Å². The summed E-state index contributed by atoms with van der Waals surface area (Å²) in [5.41, 5.74) is 1.57. The van der Waals surface area contributed by atoms with Crippen molar-refractivity contribution >= 4 is 5.78 Å². The maximum Gasteiger partial charge on any atom is 0.174 e. The second kappa shape index (κ2) is 7.02. The summed E-state index contributed by atoms with van der Waals surface area (Å²) >= 11 is 0. The van der Waals surface area contributed by atoms with Crippen molar-refractivity contribution in [2.75, 3.05) is 6.61 Å². The number of ether oxygens (including phenoxy) is 1. The van der Waals surface area contributed by atoms with Crippen LogP contribution in [0, 0.1) is 5.82 Å². The van der Waals surface area contributed by atoms with Gasteiger partial charge in [-0.2, -0.15) is 0 Å². The maximum atomic E-state index is 13.5. The lowest BCUT2D eigenvalue weighted by Gasteiger charge is -2.09. The number of ketones is 1. The number of hydrogen-bond acceptors (Lipinski definition) is 2. The Morgan fingerprint density at radius 1 is 1.14 bits per heavy atom. The molecule has 0 aliphatic carbocycles. The molecule has 21 heavy (non-hydrogen) atoms. The Morgan fingerprint density at radius 3 is 2.62 bits per heavy atom. The molecule has 0 aromatic heterocycles. The fraction of sp³-hybridized carbons (Fsp3) is 0.278. The summed E-state index contributed by atoms with van der Waals surface area (Å²) in [4.78, 5) is 11.9. The van der Waals surface area contributed by atoms with Gasteiger partial charge in [-0.3, -0.25) is 4.79 Å². The van der Waals surface area contributed by atoms with Crippen molar-refractivity contribution in [1.29, 1.82) is 0 Å². The molecule has 0 aliphatic heterocycles. The molecule has 0 heterocycles. The Morgan fingerprint density at radius 2 is 1.90 bits per heavy atom. The van der Waals surface area contributed by atoms with E-state index in [1.54, 1.807) is 18.2 Å². The van der Waals surface area contributed by atoms with E-state index in [2.05, 4.69) is 13.8 Å². The fourth-order valence-corrected chi connectivity index (χ4v) is 2.03. The van der Waals surface area contributed by atoms with Crippen molar-refractivity contribution in [3.05, 3.63) is 65.5 Å². The third-order valence-electron chi connectivity index (χ3n) is 3.27. The van der Waals surface area contributed by atoms with Gasteiger partial charge < -0.3 is 4.74 Å². The minimum absolute atomic E-state index is 0.0458. The minimum Gasteiger partial charge on any atom is -0.486 e. The average Bonchev–Trinajstić information content (AvgIpc) is 2.48. The van der Waals surface area contributed by atoms with Crippen LogP contribution in [0.5, 0.6) is 5.75 Å². The summed E-state index contributed by atoms with van der Waals surface area (Å²) in [5.74, 6) is 0.577. The van der Waals surface area contributed by atoms with Gasteiger partial charge in [-0.1, -0.05) is 44.2 Å². The highest BCUT2D eigenvalue weighted by atomic mass is 19.1. The van der Waals surface area contributed by atoms with Crippen LogP contribution in [0.1, 0.15) is 30.9 Å². The summed E-state index contributed by atoms with van der Waals surface area (Å²) in [7, 11) is 0. The molecular formula is C18H19FO2. The molecule has 0 N–H and O–H groups in total. The summed E-state index contributed by atoms with van der Waals surface area (Å²) in [5, 5.41) is 0. The number of benzene rings is 2. The molecule has 0 radical (unpaired) electrons. The smallest absolute Gasteiger partial charge is 0.174 e. The van der Waals surface area contributed by atoms with Crippen LogP contribution in [-0.2, 0) is 11.2 Å². The summed E-state index contributed by atoms with van der Waals surface area (Å²) in [6.07, 6.45) is 0.0521. The molecular weight excluding hydrogens is 267 g/mol. The van der Waals surface area contributed by atoms with Crippen LogP contribution in [0.25, 0.3) is 0 Å². The van der Waals surface area contributed by atoms with Crippen molar-refractivity contribution < 1.29 is 13.9 Å². The Bertz CT molecular complexity index is 620. The normalized spacial score (nSPS) is 10.7. The van der Waals surface area contributed by atoms with Crippen LogP contribution in [0.4, 0.5) is 4.39 Å². The van der Waals surface area contributed by atoms with Crippen LogP contribution >= 0.6 is 0 Å². The molecule has 0 fully saturated rings. The Balaban J connectivity index is 1.92. The molecule has 110 valence electrons. The molecule has 0 saturated carbocycles. The molecule has 0 bridgehead atoms. The van der Waals surface area contributed by atoms with E-state index in [-0.39, 0.29) is 24.6 Å². The molecule has 2 aromatic rings. The summed E-state index contributed by atoms with van der Waals surface area (Å²) in [6.45, 7) is 4.15. The quantitative estimate of drug-likeness (QED) is 0.797. The second-order valence-electron chi connectivity index (χ2n) is 5.32. The zero-order valence-corrected chi connectivity index (χ0v) is 12.3. The first-order valence-corrected chi connectivity index (χ1v) is 7.04. The number of hydrogen-bond donors (Lipinski definition) is 0. The average molecular weight is 286 g/mol. The number of rotatable bonds is 6. The molecule has 0 spiro atoms. The zero-order valence-electron chi connectivity index (χ0n) is 12.3. The van der Waals surface area contributed by atoms with Crippen LogP contribution in [-0.4, -0.2) is 12.4 Å². The molecule has 2 aromatic carbocycles. The van der Waals surface area contributed by atoms with Crippen molar-refractivity contribution in [1.82, 2.24) is 0 Å². The van der Waals surface area contributed by atoms with Gasteiger partial charge in [-0.05, 0) is 35.2 Å². The standard InChI is InChI=1S/C18H19FO2/c1-13(2)14-7-5-8-17(11-14)21-12-16(20)10-15-6-3-4-9-18(15)19/h3-9,11,13H,10,12H2,1-2H3. The first kappa shape index (κ1) is 15.2. The van der Waals surface area contributed by atoms with Crippen LogP contribution in [0.15, 0.2) is 48.5 Å².